The van der Waals surface area contributed by atoms with E-state index in [4.69, 9.17) is 0 Å². The first-order valence-corrected chi connectivity index (χ1v) is 10.3. The van der Waals surface area contributed by atoms with Gasteiger partial charge in [-0.05, 0) is 58.0 Å². The molecule has 0 N–H and O–H groups in total. The third kappa shape index (κ3) is 4.34. The molecular formula is C22H30FN3O3. The SMILES string of the molecule is C[C@H]1CCCCN1C(=O)C[C@@]1(c2cccc(F)c2)CC(=O)N(CCN(C)C)C1=O. The molecule has 0 saturated carbocycles. The molecule has 2 fully saturated rings. The zero-order valence-corrected chi connectivity index (χ0v) is 17.5. The van der Waals surface area contributed by atoms with Crippen molar-refractivity contribution >= 4 is 17.7 Å². The highest BCUT2D eigenvalue weighted by molar-refractivity contribution is 6.10. The van der Waals surface area contributed by atoms with Gasteiger partial charge in [0.25, 0.3) is 0 Å². The molecule has 7 heteroatoms. The summed E-state index contributed by atoms with van der Waals surface area (Å²) < 4.78 is 14.0. The number of hydrogen-bond acceptors (Lipinski definition) is 4. The maximum Gasteiger partial charge on any atom is 0.240 e. The summed E-state index contributed by atoms with van der Waals surface area (Å²) in [5.41, 5.74) is -0.930. The van der Waals surface area contributed by atoms with Crippen LogP contribution in [0.3, 0.4) is 0 Å². The second-order valence-electron chi connectivity index (χ2n) is 8.53. The Morgan fingerprint density at radius 1 is 1.28 bits per heavy atom. The van der Waals surface area contributed by atoms with Crippen LogP contribution in [-0.2, 0) is 19.8 Å². The van der Waals surface area contributed by atoms with Crippen LogP contribution in [0.25, 0.3) is 0 Å². The summed E-state index contributed by atoms with van der Waals surface area (Å²) in [6.07, 6.45) is 2.74. The van der Waals surface area contributed by atoms with Gasteiger partial charge in [0.15, 0.2) is 0 Å². The quantitative estimate of drug-likeness (QED) is 0.683. The molecule has 0 aliphatic carbocycles. The minimum atomic E-state index is -1.33. The lowest BCUT2D eigenvalue weighted by Gasteiger charge is -2.36. The number of nitrogens with zero attached hydrogens (tertiary/aromatic N) is 3. The first-order valence-electron chi connectivity index (χ1n) is 10.3. The Balaban J connectivity index is 1.94. The van der Waals surface area contributed by atoms with Gasteiger partial charge >= 0.3 is 0 Å². The average molecular weight is 403 g/mol. The number of halogens is 1. The van der Waals surface area contributed by atoms with E-state index in [-0.39, 0.29) is 37.2 Å². The van der Waals surface area contributed by atoms with Gasteiger partial charge in [-0.3, -0.25) is 19.3 Å². The van der Waals surface area contributed by atoms with Gasteiger partial charge in [-0.2, -0.15) is 0 Å². The normalized spacial score (nSPS) is 25.2. The monoisotopic (exact) mass is 403 g/mol. The zero-order chi connectivity index (χ0) is 21.2. The van der Waals surface area contributed by atoms with Gasteiger partial charge in [-0.25, -0.2) is 4.39 Å². The average Bonchev–Trinajstić information content (AvgIpc) is 2.90. The van der Waals surface area contributed by atoms with Crippen molar-refractivity contribution in [3.63, 3.8) is 0 Å². The lowest BCUT2D eigenvalue weighted by atomic mass is 9.75. The first-order chi connectivity index (χ1) is 13.7. The molecule has 0 unspecified atom stereocenters. The number of carbonyl (C=O) groups excluding carboxylic acids is 3. The molecule has 0 bridgehead atoms. The Hall–Kier alpha value is -2.28. The molecule has 0 aromatic heterocycles. The lowest BCUT2D eigenvalue weighted by Crippen LogP contribution is -2.47. The number of carbonyl (C=O) groups is 3. The van der Waals surface area contributed by atoms with E-state index in [1.165, 1.54) is 23.1 Å². The smallest absolute Gasteiger partial charge is 0.240 e. The van der Waals surface area contributed by atoms with Gasteiger partial charge in [0.2, 0.25) is 17.7 Å². The van der Waals surface area contributed by atoms with E-state index in [9.17, 15) is 18.8 Å². The highest BCUT2D eigenvalue weighted by Crippen LogP contribution is 2.41. The highest BCUT2D eigenvalue weighted by atomic mass is 19.1. The molecular weight excluding hydrogens is 373 g/mol. The number of hydrogen-bond donors (Lipinski definition) is 0. The molecule has 1 aromatic rings. The van der Waals surface area contributed by atoms with Gasteiger partial charge in [0, 0.05) is 38.5 Å². The van der Waals surface area contributed by atoms with Gasteiger partial charge < -0.3 is 9.80 Å². The van der Waals surface area contributed by atoms with Crippen molar-refractivity contribution in [3.8, 4) is 0 Å². The van der Waals surface area contributed by atoms with E-state index >= 15 is 0 Å². The molecule has 2 aliphatic heterocycles. The second kappa shape index (κ2) is 8.61. The summed E-state index contributed by atoms with van der Waals surface area (Å²) in [7, 11) is 3.73. The van der Waals surface area contributed by atoms with Crippen molar-refractivity contribution in [3.05, 3.63) is 35.6 Å². The topological polar surface area (TPSA) is 60.9 Å². The lowest BCUT2D eigenvalue weighted by molar-refractivity contribution is -0.143. The van der Waals surface area contributed by atoms with Crippen LogP contribution in [0.4, 0.5) is 4.39 Å². The van der Waals surface area contributed by atoms with Crippen LogP contribution >= 0.6 is 0 Å². The molecule has 1 aromatic carbocycles. The fraction of sp³-hybridized carbons (Fsp3) is 0.591. The molecule has 0 spiro atoms. The first kappa shape index (κ1) is 21.4. The fourth-order valence-corrected chi connectivity index (χ4v) is 4.41. The molecule has 2 heterocycles. The van der Waals surface area contributed by atoms with Crippen LogP contribution < -0.4 is 0 Å². The van der Waals surface area contributed by atoms with Crippen LogP contribution in [0.1, 0.15) is 44.6 Å². The van der Waals surface area contributed by atoms with Crippen molar-refractivity contribution in [2.45, 2.75) is 50.5 Å². The fourth-order valence-electron chi connectivity index (χ4n) is 4.41. The predicted molar refractivity (Wildman–Crippen MR) is 108 cm³/mol. The van der Waals surface area contributed by atoms with Crippen LogP contribution in [-0.4, -0.2) is 72.2 Å². The third-order valence-corrected chi connectivity index (χ3v) is 6.13. The third-order valence-electron chi connectivity index (χ3n) is 6.13. The van der Waals surface area contributed by atoms with Crippen molar-refractivity contribution in [1.82, 2.24) is 14.7 Å². The molecule has 3 amide bonds. The number of amides is 3. The van der Waals surface area contributed by atoms with Crippen LogP contribution in [0.2, 0.25) is 0 Å². The maximum atomic E-state index is 14.0. The molecule has 2 atom stereocenters. The number of likely N-dealkylation sites (N-methyl/N-ethyl adjacent to an activating group) is 1. The van der Waals surface area contributed by atoms with E-state index in [1.807, 2.05) is 30.8 Å². The largest absolute Gasteiger partial charge is 0.340 e. The van der Waals surface area contributed by atoms with Crippen molar-refractivity contribution in [2.24, 2.45) is 0 Å². The summed E-state index contributed by atoms with van der Waals surface area (Å²) in [5.74, 6) is -1.32. The number of benzene rings is 1. The molecule has 0 radical (unpaired) electrons. The predicted octanol–water partition coefficient (Wildman–Crippen LogP) is 2.18. The van der Waals surface area contributed by atoms with Gasteiger partial charge in [-0.1, -0.05) is 12.1 Å². The Labute approximate surface area is 171 Å². The maximum absolute atomic E-state index is 14.0. The van der Waals surface area contributed by atoms with Gasteiger partial charge in [0.1, 0.15) is 5.82 Å². The Morgan fingerprint density at radius 3 is 2.69 bits per heavy atom. The van der Waals surface area contributed by atoms with Crippen molar-refractivity contribution in [2.75, 3.05) is 33.7 Å². The molecule has 3 rings (SSSR count). The minimum absolute atomic E-state index is 0.101. The molecule has 2 saturated heterocycles. The Kier molecular flexibility index (Phi) is 6.36. The molecule has 2 aliphatic rings. The second-order valence-corrected chi connectivity index (χ2v) is 8.53. The molecule has 29 heavy (non-hydrogen) atoms. The Morgan fingerprint density at radius 2 is 2.03 bits per heavy atom. The van der Waals surface area contributed by atoms with Crippen LogP contribution in [0, 0.1) is 5.82 Å². The zero-order valence-electron chi connectivity index (χ0n) is 17.5. The van der Waals surface area contributed by atoms with E-state index in [0.29, 0.717) is 18.7 Å². The molecule has 158 valence electrons. The Bertz CT molecular complexity index is 797. The van der Waals surface area contributed by atoms with E-state index in [2.05, 4.69) is 0 Å². The van der Waals surface area contributed by atoms with E-state index in [0.717, 1.165) is 19.3 Å². The number of rotatable bonds is 6. The summed E-state index contributed by atoms with van der Waals surface area (Å²) in [5, 5.41) is 0. The number of piperidine rings is 1. The molecule has 6 nitrogen and oxygen atoms in total. The minimum Gasteiger partial charge on any atom is -0.340 e. The summed E-state index contributed by atoms with van der Waals surface area (Å²) in [4.78, 5) is 44.3. The number of imide groups is 1. The summed E-state index contributed by atoms with van der Waals surface area (Å²) in [6, 6.07) is 5.87. The van der Waals surface area contributed by atoms with Gasteiger partial charge in [0.05, 0.1) is 5.41 Å². The van der Waals surface area contributed by atoms with E-state index < -0.39 is 17.1 Å². The van der Waals surface area contributed by atoms with Crippen molar-refractivity contribution in [1.29, 1.82) is 0 Å². The number of likely N-dealkylation sites (tertiary alicyclic amines) is 2. The summed E-state index contributed by atoms with van der Waals surface area (Å²) >= 11 is 0. The van der Waals surface area contributed by atoms with Crippen molar-refractivity contribution < 1.29 is 18.8 Å². The highest BCUT2D eigenvalue weighted by Gasteiger charge is 2.54. The van der Waals surface area contributed by atoms with E-state index in [1.54, 1.807) is 6.07 Å². The van der Waals surface area contributed by atoms with Crippen LogP contribution in [0.15, 0.2) is 24.3 Å². The van der Waals surface area contributed by atoms with Gasteiger partial charge in [-0.15, -0.1) is 0 Å². The van der Waals surface area contributed by atoms with Crippen LogP contribution in [0.5, 0.6) is 0 Å². The standard InChI is InChI=1S/C22H30FN3O3/c1-16-7-4-5-10-25(16)19(27)14-22(17-8-6-9-18(23)13-17)15-20(28)26(21(22)29)12-11-24(2)3/h6,8-9,13,16H,4-5,7,10-12,14-15H2,1-3H3/t16-,22-/m0/s1. The summed E-state index contributed by atoms with van der Waals surface area (Å²) in [6.45, 7) is 3.46.